The zero-order valence-electron chi connectivity index (χ0n) is 20.3. The van der Waals surface area contributed by atoms with Gasteiger partial charge >= 0.3 is 0 Å². The van der Waals surface area contributed by atoms with E-state index in [1.807, 2.05) is 0 Å². The van der Waals surface area contributed by atoms with Crippen LogP contribution in [0.1, 0.15) is 0 Å². The molecule has 4 aromatic carbocycles. The summed E-state index contributed by atoms with van der Waals surface area (Å²) in [6.07, 6.45) is 0. The maximum Gasteiger partial charge on any atom is 0.200 e. The molecule has 0 spiro atoms. The van der Waals surface area contributed by atoms with E-state index < -0.39 is 46.3 Å². The minimum absolute atomic E-state index is 0.0356. The van der Waals surface area contributed by atoms with Crippen molar-refractivity contribution in [3.8, 4) is 45.6 Å². The van der Waals surface area contributed by atoms with E-state index in [1.165, 1.54) is 52.7 Å². The minimum atomic E-state index is -1.000. The summed E-state index contributed by atoms with van der Waals surface area (Å²) in [5, 5.41) is -1.04. The van der Waals surface area contributed by atoms with E-state index in [4.69, 9.17) is 28.4 Å². The van der Waals surface area contributed by atoms with E-state index in [-0.39, 0.29) is 44.2 Å². The third-order valence-electron chi connectivity index (χ3n) is 5.96. The molecule has 4 rings (SSSR count). The van der Waals surface area contributed by atoms with Crippen molar-refractivity contribution in [1.82, 2.24) is 0 Å². The zero-order valence-corrected chi connectivity index (χ0v) is 20.3. The van der Waals surface area contributed by atoms with Gasteiger partial charge in [0, 0.05) is 32.7 Å². The third-order valence-corrected chi connectivity index (χ3v) is 5.96. The SMILES string of the molecule is COc1ccc2c(F)c(OC)c(OC)c(F)c2c1-c1c(OC)ccc2c(F)c(OC)c(OC)c(F)c12. The number of ether oxygens (including phenoxy) is 6. The fourth-order valence-corrected chi connectivity index (χ4v) is 4.43. The molecule has 0 aliphatic rings. The van der Waals surface area contributed by atoms with Crippen molar-refractivity contribution >= 4 is 21.5 Å². The molecule has 0 saturated heterocycles. The van der Waals surface area contributed by atoms with E-state index in [0.29, 0.717) is 0 Å². The number of halogens is 4. The van der Waals surface area contributed by atoms with Gasteiger partial charge in [-0.05, 0) is 24.3 Å². The molecule has 36 heavy (non-hydrogen) atoms. The van der Waals surface area contributed by atoms with Crippen LogP contribution < -0.4 is 28.4 Å². The van der Waals surface area contributed by atoms with Gasteiger partial charge in [0.2, 0.25) is 23.0 Å². The van der Waals surface area contributed by atoms with Crippen molar-refractivity contribution in [2.75, 3.05) is 42.7 Å². The minimum Gasteiger partial charge on any atom is -0.496 e. The number of benzene rings is 4. The predicted molar refractivity (Wildman–Crippen MR) is 126 cm³/mol. The van der Waals surface area contributed by atoms with Gasteiger partial charge in [0.15, 0.2) is 23.3 Å². The highest BCUT2D eigenvalue weighted by atomic mass is 19.1. The lowest BCUT2D eigenvalue weighted by Crippen LogP contribution is -2.04. The van der Waals surface area contributed by atoms with Gasteiger partial charge in [0.1, 0.15) is 11.5 Å². The van der Waals surface area contributed by atoms with Crippen molar-refractivity contribution in [2.24, 2.45) is 0 Å². The molecule has 190 valence electrons. The Balaban J connectivity index is 2.35. The van der Waals surface area contributed by atoms with E-state index in [0.717, 1.165) is 14.2 Å². The van der Waals surface area contributed by atoms with Gasteiger partial charge < -0.3 is 28.4 Å². The summed E-state index contributed by atoms with van der Waals surface area (Å²) >= 11 is 0. The standard InChI is InChI=1S/C26H22F4O6/c1-31-13-9-7-11-15(21(29)25(35-5)23(33-3)19(11)27)17(13)18-14(32-2)10-8-12-16(18)22(30)26(36-6)24(34-4)20(12)28/h7-10H,1-6H3. The van der Waals surface area contributed by atoms with E-state index in [9.17, 15) is 0 Å². The monoisotopic (exact) mass is 506 g/mol. The highest BCUT2D eigenvalue weighted by Crippen LogP contribution is 2.52. The Kier molecular flexibility index (Phi) is 6.62. The first-order chi connectivity index (χ1) is 17.3. The molecule has 0 atom stereocenters. The van der Waals surface area contributed by atoms with Gasteiger partial charge in [-0.25, -0.2) is 17.6 Å². The van der Waals surface area contributed by atoms with Crippen LogP contribution in [0, 0.1) is 23.3 Å². The number of fused-ring (bicyclic) bond motifs is 2. The number of rotatable bonds is 7. The van der Waals surface area contributed by atoms with Crippen LogP contribution in [0.5, 0.6) is 34.5 Å². The Labute approximate surface area is 203 Å². The molecule has 0 aliphatic heterocycles. The Morgan fingerprint density at radius 2 is 0.722 bits per heavy atom. The number of hydrogen-bond acceptors (Lipinski definition) is 6. The molecule has 0 aliphatic carbocycles. The average Bonchev–Trinajstić information content (AvgIpc) is 2.90. The van der Waals surface area contributed by atoms with Crippen molar-refractivity contribution in [2.45, 2.75) is 0 Å². The average molecular weight is 506 g/mol. The van der Waals surface area contributed by atoms with Crippen LogP contribution in [0.15, 0.2) is 24.3 Å². The molecule has 4 aromatic rings. The fraction of sp³-hybridized carbons (Fsp3) is 0.231. The highest BCUT2D eigenvalue weighted by Gasteiger charge is 2.31. The van der Waals surface area contributed by atoms with Gasteiger partial charge in [0.05, 0.1) is 42.7 Å². The lowest BCUT2D eigenvalue weighted by molar-refractivity contribution is 0.325. The Hall–Kier alpha value is -4.08. The first kappa shape index (κ1) is 25.0. The van der Waals surface area contributed by atoms with Gasteiger partial charge in [-0.1, -0.05) is 0 Å². The second kappa shape index (κ2) is 9.52. The van der Waals surface area contributed by atoms with Crippen molar-refractivity contribution in [1.29, 1.82) is 0 Å². The molecule has 0 amide bonds. The summed E-state index contributed by atoms with van der Waals surface area (Å²) in [6, 6.07) is 5.32. The first-order valence-corrected chi connectivity index (χ1v) is 10.5. The topological polar surface area (TPSA) is 55.4 Å². The highest BCUT2D eigenvalue weighted by molar-refractivity contribution is 6.11. The largest absolute Gasteiger partial charge is 0.496 e. The smallest absolute Gasteiger partial charge is 0.200 e. The van der Waals surface area contributed by atoms with Crippen molar-refractivity contribution in [3.63, 3.8) is 0 Å². The van der Waals surface area contributed by atoms with Gasteiger partial charge in [-0.15, -0.1) is 0 Å². The first-order valence-electron chi connectivity index (χ1n) is 10.5. The van der Waals surface area contributed by atoms with Crippen molar-refractivity contribution in [3.05, 3.63) is 47.5 Å². The van der Waals surface area contributed by atoms with Crippen LogP contribution in [-0.4, -0.2) is 42.7 Å². The molecule has 0 saturated carbocycles. The molecule has 0 N–H and O–H groups in total. The summed E-state index contributed by atoms with van der Waals surface area (Å²) in [6.45, 7) is 0. The number of methoxy groups -OCH3 is 6. The lowest BCUT2D eigenvalue weighted by atomic mass is 9.90. The summed E-state index contributed by atoms with van der Waals surface area (Å²) < 4.78 is 94.0. The van der Waals surface area contributed by atoms with Crippen LogP contribution >= 0.6 is 0 Å². The molecular formula is C26H22F4O6. The van der Waals surface area contributed by atoms with E-state index >= 15 is 17.6 Å². The van der Waals surface area contributed by atoms with Gasteiger partial charge in [-0.2, -0.15) is 0 Å². The lowest BCUT2D eigenvalue weighted by Gasteiger charge is -2.21. The Morgan fingerprint density at radius 1 is 0.417 bits per heavy atom. The van der Waals surface area contributed by atoms with Gasteiger partial charge in [0.25, 0.3) is 0 Å². The maximum atomic E-state index is 16.0. The molecule has 0 bridgehead atoms. The molecule has 0 heterocycles. The Morgan fingerprint density at radius 3 is 1.00 bits per heavy atom. The molecule has 6 nitrogen and oxygen atoms in total. The summed E-state index contributed by atoms with van der Waals surface area (Å²) in [5.74, 6) is -5.69. The second-order valence-electron chi connectivity index (χ2n) is 7.52. The fourth-order valence-electron chi connectivity index (χ4n) is 4.43. The van der Waals surface area contributed by atoms with Crippen LogP contribution in [0.3, 0.4) is 0 Å². The van der Waals surface area contributed by atoms with E-state index in [1.54, 1.807) is 0 Å². The molecule has 10 heteroatoms. The molecule has 0 radical (unpaired) electrons. The zero-order chi connectivity index (χ0) is 26.3. The quantitative estimate of drug-likeness (QED) is 0.276. The summed E-state index contributed by atoms with van der Waals surface area (Å²) in [7, 11) is 7.24. The van der Waals surface area contributed by atoms with Gasteiger partial charge in [-0.3, -0.25) is 0 Å². The predicted octanol–water partition coefficient (Wildman–Crippen LogP) is 6.27. The molecule has 0 aromatic heterocycles. The normalized spacial score (nSPS) is 11.1. The molecule has 0 fully saturated rings. The third kappa shape index (κ3) is 3.39. The second-order valence-corrected chi connectivity index (χ2v) is 7.52. The van der Waals surface area contributed by atoms with Crippen LogP contribution in [0.4, 0.5) is 17.6 Å². The molecular weight excluding hydrogens is 484 g/mol. The van der Waals surface area contributed by atoms with E-state index in [2.05, 4.69) is 0 Å². The van der Waals surface area contributed by atoms with Crippen molar-refractivity contribution < 1.29 is 46.0 Å². The van der Waals surface area contributed by atoms with Crippen LogP contribution in [0.25, 0.3) is 32.7 Å². The summed E-state index contributed by atoms with van der Waals surface area (Å²) in [5.41, 5.74) is -0.194. The van der Waals surface area contributed by atoms with Crippen LogP contribution in [-0.2, 0) is 0 Å². The summed E-state index contributed by atoms with van der Waals surface area (Å²) in [4.78, 5) is 0. The maximum absolute atomic E-state index is 16.0. The van der Waals surface area contributed by atoms with Crippen LogP contribution in [0.2, 0.25) is 0 Å². The molecule has 0 unspecified atom stereocenters. The Bertz CT molecular complexity index is 1390. The number of hydrogen-bond donors (Lipinski definition) is 0.